The molecule has 0 aliphatic heterocycles. The summed E-state index contributed by atoms with van der Waals surface area (Å²) in [7, 11) is -35.1. The maximum absolute atomic E-state index is 12.9. The molecule has 41 heteroatoms. The Kier molecular flexibility index (Phi) is 22.8. The lowest BCUT2D eigenvalue weighted by molar-refractivity contribution is -0.314. The van der Waals surface area contributed by atoms with Crippen LogP contribution in [0, 0.1) is 0 Å². The lowest BCUT2D eigenvalue weighted by Crippen LogP contribution is -2.47. The fraction of sp³-hybridized carbons (Fsp3) is 0.733. The minimum Gasteiger partial charge on any atom is -0.289 e. The molecule has 0 aliphatic carbocycles. The lowest BCUT2D eigenvalue weighted by Gasteiger charge is -2.30. The molecule has 3 N–H and O–H groups in total. The summed E-state index contributed by atoms with van der Waals surface area (Å²) >= 11 is 0. The summed E-state index contributed by atoms with van der Waals surface area (Å²) in [5.41, 5.74) is 0. The van der Waals surface area contributed by atoms with Crippen molar-refractivity contribution < 1.29 is 141 Å². The van der Waals surface area contributed by atoms with Crippen molar-refractivity contribution in [1.29, 1.82) is 0 Å². The van der Waals surface area contributed by atoms with Crippen molar-refractivity contribution in [2.24, 2.45) is 0 Å². The maximum Gasteiger partial charge on any atom is 0.489 e. The smallest absolute Gasteiger partial charge is 0.289 e. The average Bonchev–Trinajstić information content (AvgIpc) is 2.87. The zero-order valence-electron chi connectivity index (χ0n) is 26.0. The number of rotatable bonds is 18. The van der Waals surface area contributed by atoms with Gasteiger partial charge in [-0.1, -0.05) is 12.2 Å². The second kappa shape index (κ2) is 21.5. The molecular formula is C15H20F21N3O11P6. The highest BCUT2D eigenvalue weighted by Crippen LogP contribution is 2.63. The van der Waals surface area contributed by atoms with Gasteiger partial charge in [-0.3, -0.25) is 27.2 Å². The van der Waals surface area contributed by atoms with Crippen LogP contribution in [0.4, 0.5) is 91.0 Å². The van der Waals surface area contributed by atoms with E-state index in [1.54, 1.807) is 0 Å². The van der Waals surface area contributed by atoms with Crippen LogP contribution in [0.1, 0.15) is 0 Å². The largest absolute Gasteiger partial charge is 0.489 e. The molecule has 0 aromatic heterocycles. The summed E-state index contributed by atoms with van der Waals surface area (Å²) in [6.07, 6.45) is -40.4. The molecule has 14 nitrogen and oxygen atoms in total. The van der Waals surface area contributed by atoms with E-state index in [1.807, 2.05) is 0 Å². The van der Waals surface area contributed by atoms with Gasteiger partial charge < -0.3 is 0 Å². The normalized spacial score (nSPS) is 17.9. The predicted octanol–water partition coefficient (Wildman–Crippen LogP) is 11.9. The fourth-order valence-corrected chi connectivity index (χ4v) is 9.05. The van der Waals surface area contributed by atoms with E-state index < -0.39 is 115 Å². The van der Waals surface area contributed by atoms with Crippen LogP contribution in [-0.4, -0.2) is 69.6 Å². The first kappa shape index (κ1) is 59.4. The number of hydrogen-bond acceptors (Lipinski definition) is 11. The van der Waals surface area contributed by atoms with Crippen molar-refractivity contribution in [1.82, 2.24) is 14.6 Å². The fourth-order valence-electron chi connectivity index (χ4n) is 2.00. The van der Waals surface area contributed by atoms with Crippen molar-refractivity contribution in [2.75, 3.05) is 26.5 Å². The Labute approximate surface area is 297 Å². The molecule has 0 fully saturated rings. The van der Waals surface area contributed by atoms with E-state index in [0.29, 0.717) is 6.66 Å². The van der Waals surface area contributed by atoms with E-state index in [-0.39, 0.29) is 0 Å². The molecule has 56 heavy (non-hydrogen) atoms. The van der Waals surface area contributed by atoms with Gasteiger partial charge in [0, 0.05) is 6.66 Å². The van der Waals surface area contributed by atoms with Gasteiger partial charge in [0.25, 0.3) is 12.2 Å². The SMILES string of the molecule is C=CCOP(=O)(F)NP(=O)(F)OCC=C.CP(=O)(F)NP(=O)(F)OCC(F)(F)F.O=P(F)(F)NP(=O)(OC(C(F)(F)F)C(F)(F)F)OC(C(F)(F)F)C(F)(F)F. The summed E-state index contributed by atoms with van der Waals surface area (Å²) in [6, 6.07) is 0. The Bertz CT molecular complexity index is 1460. The van der Waals surface area contributed by atoms with Crippen LogP contribution in [0.15, 0.2) is 25.3 Å². The van der Waals surface area contributed by atoms with Gasteiger partial charge in [-0.2, -0.15) is 70.1 Å². The highest BCUT2D eigenvalue weighted by Gasteiger charge is 2.65. The number of halogens is 21. The van der Waals surface area contributed by atoms with Crippen LogP contribution in [-0.2, 0) is 50.0 Å². The molecular weight excluding hydrogens is 983 g/mol. The number of alkyl halides is 15. The monoisotopic (exact) mass is 1000 g/mol. The summed E-state index contributed by atoms with van der Waals surface area (Å²) in [6.45, 7) is 3.68. The minimum absolute atomic E-state index is 0.343. The second-order valence-corrected chi connectivity index (χ2v) is 18.7. The van der Waals surface area contributed by atoms with Crippen molar-refractivity contribution in [3.05, 3.63) is 25.3 Å². The highest BCUT2D eigenvalue weighted by molar-refractivity contribution is 7.69. The third kappa shape index (κ3) is 31.1. The topological polar surface area (TPSA) is 185 Å². The molecule has 0 saturated heterocycles. The zero-order valence-corrected chi connectivity index (χ0v) is 31.3. The van der Waals surface area contributed by atoms with E-state index in [0.717, 1.165) is 21.9 Å². The molecule has 0 bridgehead atoms. The van der Waals surface area contributed by atoms with E-state index in [1.165, 1.54) is 0 Å². The highest BCUT2D eigenvalue weighted by atomic mass is 31.3. The van der Waals surface area contributed by atoms with Gasteiger partial charge in [-0.05, 0) is 0 Å². The molecule has 338 valence electrons. The van der Waals surface area contributed by atoms with Gasteiger partial charge in [0.15, 0.2) is 6.61 Å². The van der Waals surface area contributed by atoms with Crippen LogP contribution >= 0.6 is 46.8 Å². The quantitative estimate of drug-likeness (QED) is 0.0669. The first-order chi connectivity index (χ1) is 24.1. The standard InChI is InChI=1S/C6H3F14NO4P2.C6H11F2NO4P2.C3H6F5NO3P2/c7-3(8,9)1(4(10,11)12)24-27(23,21-26(19,20)22)25-2(5(13,14)15)6(16,17)18;1-3-5-12-14(7,10)9-15(8,11)13-6-4-2;1-13(7,10)9-14(8,11)12-2-3(4,5)6/h1-2H,(H,21,22,23);3-4H,1-2,5-6H2,(H,9,10,11);2H2,1H3,(H,9,10,11). The number of nitrogens with one attached hydrogen (secondary N) is 3. The first-order valence-electron chi connectivity index (χ1n) is 12.1. The van der Waals surface area contributed by atoms with Crippen LogP contribution in [0.25, 0.3) is 0 Å². The van der Waals surface area contributed by atoms with Gasteiger partial charge in [-0.25, -0.2) is 22.8 Å². The molecule has 4 atom stereocenters. The molecule has 0 aromatic rings. The summed E-state index contributed by atoms with van der Waals surface area (Å²) in [4.78, 5) is 1.18. The molecule has 0 radical (unpaired) electrons. The predicted molar refractivity (Wildman–Crippen MR) is 146 cm³/mol. The van der Waals surface area contributed by atoms with Gasteiger partial charge in [-0.15, -0.1) is 48.7 Å². The van der Waals surface area contributed by atoms with Crippen molar-refractivity contribution in [3.63, 3.8) is 0 Å². The molecule has 0 heterocycles. The van der Waals surface area contributed by atoms with E-state index in [9.17, 15) is 118 Å². The van der Waals surface area contributed by atoms with Gasteiger partial charge in [0.2, 0.25) is 0 Å². The Morgan fingerprint density at radius 2 is 0.804 bits per heavy atom. The molecule has 0 amide bonds. The van der Waals surface area contributed by atoms with E-state index >= 15 is 0 Å². The number of hydrogen-bond donors (Lipinski definition) is 3. The van der Waals surface area contributed by atoms with E-state index in [2.05, 4.69) is 35.8 Å². The molecule has 0 saturated carbocycles. The summed E-state index contributed by atoms with van der Waals surface area (Å²) in [5, 5.41) is 0. The Morgan fingerprint density at radius 1 is 0.518 bits per heavy atom. The molecule has 0 spiro atoms. The average molecular weight is 1000 g/mol. The second-order valence-electron chi connectivity index (χ2n) is 8.71. The third-order valence-electron chi connectivity index (χ3n) is 3.56. The third-order valence-corrected chi connectivity index (χ3v) is 12.2. The Balaban J connectivity index is -0.000000820. The minimum atomic E-state index is -7.48. The van der Waals surface area contributed by atoms with Gasteiger partial charge in [0.05, 0.1) is 13.2 Å². The van der Waals surface area contributed by atoms with Crippen LogP contribution in [0.3, 0.4) is 0 Å². The van der Waals surface area contributed by atoms with Crippen LogP contribution < -0.4 is 14.6 Å². The Hall–Kier alpha value is -0.930. The maximum atomic E-state index is 12.9. The zero-order chi connectivity index (χ0) is 45.8. The molecule has 0 aromatic carbocycles. The molecule has 0 rings (SSSR count). The molecule has 0 aliphatic rings. The van der Waals surface area contributed by atoms with Crippen molar-refractivity contribution in [3.8, 4) is 0 Å². The van der Waals surface area contributed by atoms with Crippen molar-refractivity contribution in [2.45, 2.75) is 43.1 Å². The van der Waals surface area contributed by atoms with Crippen molar-refractivity contribution >= 4 is 46.8 Å². The lowest BCUT2D eigenvalue weighted by atomic mass is 10.3. The van der Waals surface area contributed by atoms with Gasteiger partial charge in [0.1, 0.15) is 0 Å². The van der Waals surface area contributed by atoms with E-state index in [4.69, 9.17) is 0 Å². The summed E-state index contributed by atoms with van der Waals surface area (Å²) in [5.74, 6) is 0. The summed E-state index contributed by atoms with van der Waals surface area (Å²) < 4.78 is 336. The van der Waals surface area contributed by atoms with Crippen LogP contribution in [0.2, 0.25) is 0 Å². The van der Waals surface area contributed by atoms with Gasteiger partial charge >= 0.3 is 77.6 Å². The molecule has 4 unspecified atom stereocenters. The Morgan fingerprint density at radius 3 is 1.02 bits per heavy atom. The van der Waals surface area contributed by atoms with Crippen LogP contribution in [0.5, 0.6) is 0 Å². The first-order valence-corrected chi connectivity index (χ1v) is 21.7.